The lowest BCUT2D eigenvalue weighted by Gasteiger charge is -2.32. The topological polar surface area (TPSA) is 75.9 Å². The number of hydrogen-bond donors (Lipinski definition) is 1. The van der Waals surface area contributed by atoms with E-state index in [0.717, 1.165) is 28.0 Å². The van der Waals surface area contributed by atoms with Crippen LogP contribution in [0.5, 0.6) is 0 Å². The van der Waals surface area contributed by atoms with Crippen LogP contribution in [0, 0.1) is 6.92 Å². The number of anilines is 1. The van der Waals surface area contributed by atoms with E-state index in [-0.39, 0.29) is 18.5 Å². The van der Waals surface area contributed by atoms with Crippen molar-refractivity contribution in [1.29, 1.82) is 0 Å². The number of carbonyl (C=O) groups excluding carboxylic acids is 1. The minimum atomic E-state index is -0.169. The highest BCUT2D eigenvalue weighted by molar-refractivity contribution is 5.89. The third-order valence-electron chi connectivity index (χ3n) is 5.84. The molecule has 0 spiro atoms. The van der Waals surface area contributed by atoms with Gasteiger partial charge in [-0.25, -0.2) is 0 Å². The molecule has 0 unspecified atom stereocenters. The number of hydrogen-bond acceptors (Lipinski definition) is 5. The summed E-state index contributed by atoms with van der Waals surface area (Å²) in [4.78, 5) is 14.9. The minimum Gasteiger partial charge on any atom is -0.350 e. The van der Waals surface area contributed by atoms with Crippen LogP contribution in [-0.4, -0.2) is 32.7 Å². The van der Waals surface area contributed by atoms with E-state index in [0.29, 0.717) is 12.5 Å². The first-order valence-electron chi connectivity index (χ1n) is 10.9. The van der Waals surface area contributed by atoms with Crippen molar-refractivity contribution in [1.82, 2.24) is 25.5 Å². The molecule has 0 bridgehead atoms. The Morgan fingerprint density at radius 2 is 1.64 bits per heavy atom. The molecule has 164 valence electrons. The van der Waals surface area contributed by atoms with Crippen molar-refractivity contribution in [2.75, 3.05) is 11.4 Å². The Kier molecular flexibility index (Phi) is 5.68. The molecule has 7 nitrogen and oxygen atoms in total. The molecule has 0 saturated heterocycles. The molecule has 0 aliphatic carbocycles. The van der Waals surface area contributed by atoms with Gasteiger partial charge in [-0.2, -0.15) is 4.68 Å². The largest absolute Gasteiger partial charge is 0.350 e. The summed E-state index contributed by atoms with van der Waals surface area (Å²) < 4.78 is 1.76. The summed E-state index contributed by atoms with van der Waals surface area (Å²) in [5, 5.41) is 15.5. The monoisotopic (exact) mass is 436 g/mol. The Hall–Kier alpha value is -4.26. The van der Waals surface area contributed by atoms with Crippen LogP contribution in [0.2, 0.25) is 0 Å². The maximum absolute atomic E-state index is 13.0. The summed E-state index contributed by atoms with van der Waals surface area (Å²) in [6.07, 6.45) is 2.11. The van der Waals surface area contributed by atoms with E-state index in [9.17, 15) is 4.79 Å². The number of nitrogens with one attached hydrogen (secondary N) is 1. The zero-order valence-corrected chi connectivity index (χ0v) is 18.3. The van der Waals surface area contributed by atoms with Crippen molar-refractivity contribution < 1.29 is 4.79 Å². The second-order valence-electron chi connectivity index (χ2n) is 7.99. The van der Waals surface area contributed by atoms with Gasteiger partial charge in [-0.3, -0.25) is 9.69 Å². The zero-order chi connectivity index (χ0) is 22.6. The highest BCUT2D eigenvalue weighted by atomic mass is 16.2. The summed E-state index contributed by atoms with van der Waals surface area (Å²) in [5.41, 5.74) is 5.22. The Bertz CT molecular complexity index is 1280. The van der Waals surface area contributed by atoms with Gasteiger partial charge in [0.05, 0.1) is 5.70 Å². The maximum Gasteiger partial charge on any atom is 0.251 e. The SMILES string of the molecule is Cc1ccccc1CNC(=O)CN1C(c2ccccc2)=C[C@H](c2ccccc2)n2nnnc21. The van der Waals surface area contributed by atoms with Crippen molar-refractivity contribution in [3.8, 4) is 0 Å². The Morgan fingerprint density at radius 3 is 2.39 bits per heavy atom. The van der Waals surface area contributed by atoms with Gasteiger partial charge < -0.3 is 5.32 Å². The molecule has 1 aliphatic heterocycles. The Morgan fingerprint density at radius 1 is 0.939 bits per heavy atom. The Balaban J connectivity index is 1.46. The molecule has 1 atom stereocenters. The molecule has 0 fully saturated rings. The van der Waals surface area contributed by atoms with Crippen molar-refractivity contribution in [2.24, 2.45) is 0 Å². The molecular weight excluding hydrogens is 412 g/mol. The van der Waals surface area contributed by atoms with Crippen LogP contribution < -0.4 is 10.2 Å². The van der Waals surface area contributed by atoms with Gasteiger partial charge >= 0.3 is 0 Å². The molecule has 1 aromatic heterocycles. The minimum absolute atomic E-state index is 0.104. The first kappa shape index (κ1) is 20.6. The van der Waals surface area contributed by atoms with Crippen LogP contribution in [0.25, 0.3) is 5.70 Å². The molecule has 0 radical (unpaired) electrons. The molecule has 1 aliphatic rings. The molecule has 1 N–H and O–H groups in total. The molecule has 4 aromatic rings. The predicted octanol–water partition coefficient (Wildman–Crippen LogP) is 3.75. The molecule has 33 heavy (non-hydrogen) atoms. The van der Waals surface area contributed by atoms with Crippen molar-refractivity contribution >= 4 is 17.6 Å². The summed E-state index contributed by atoms with van der Waals surface area (Å²) in [6.45, 7) is 2.62. The van der Waals surface area contributed by atoms with Gasteiger partial charge in [0.15, 0.2) is 0 Å². The smallest absolute Gasteiger partial charge is 0.251 e. The second kappa shape index (κ2) is 9.08. The lowest BCUT2D eigenvalue weighted by atomic mass is 10.0. The van der Waals surface area contributed by atoms with Gasteiger partial charge in [0.25, 0.3) is 5.95 Å². The van der Waals surface area contributed by atoms with Crippen LogP contribution in [0.3, 0.4) is 0 Å². The summed E-state index contributed by atoms with van der Waals surface area (Å²) >= 11 is 0. The number of aromatic nitrogens is 4. The van der Waals surface area contributed by atoms with E-state index in [1.165, 1.54) is 0 Å². The van der Waals surface area contributed by atoms with Crippen molar-refractivity contribution in [3.63, 3.8) is 0 Å². The predicted molar refractivity (Wildman–Crippen MR) is 127 cm³/mol. The zero-order valence-electron chi connectivity index (χ0n) is 18.3. The van der Waals surface area contributed by atoms with Crippen LogP contribution >= 0.6 is 0 Å². The number of fused-ring (bicyclic) bond motifs is 1. The van der Waals surface area contributed by atoms with E-state index < -0.39 is 0 Å². The number of carbonyl (C=O) groups is 1. The summed E-state index contributed by atoms with van der Waals surface area (Å²) in [7, 11) is 0. The Labute approximate surface area is 192 Å². The van der Waals surface area contributed by atoms with Crippen LogP contribution in [0.1, 0.15) is 28.3 Å². The lowest BCUT2D eigenvalue weighted by molar-refractivity contribution is -0.119. The average Bonchev–Trinajstić information content (AvgIpc) is 3.35. The van der Waals surface area contributed by atoms with Crippen LogP contribution in [0.15, 0.2) is 91.0 Å². The maximum atomic E-state index is 13.0. The third-order valence-corrected chi connectivity index (χ3v) is 5.84. The average molecular weight is 437 g/mol. The number of tetrazole rings is 1. The second-order valence-corrected chi connectivity index (χ2v) is 7.99. The van der Waals surface area contributed by atoms with Gasteiger partial charge in [0, 0.05) is 6.54 Å². The van der Waals surface area contributed by atoms with Gasteiger partial charge in [0.1, 0.15) is 12.6 Å². The fourth-order valence-corrected chi connectivity index (χ4v) is 4.07. The summed E-state index contributed by atoms with van der Waals surface area (Å²) in [6, 6.07) is 28.0. The number of rotatable bonds is 6. The fraction of sp³-hybridized carbons (Fsp3) is 0.154. The third kappa shape index (κ3) is 4.25. The molecule has 3 aromatic carbocycles. The van der Waals surface area contributed by atoms with Gasteiger partial charge in [-0.1, -0.05) is 90.0 Å². The standard InChI is InChI=1S/C26H24N6O/c1-19-10-8-9-15-22(19)17-27-25(33)18-31-23(20-11-4-2-5-12-20)16-24(21-13-6-3-7-14-21)32-26(31)28-29-30-32/h2-16,24H,17-18H2,1H3,(H,27,33)/t24-/m1/s1. The first-order chi connectivity index (χ1) is 16.2. The number of allylic oxidation sites excluding steroid dienone is 1. The van der Waals surface area contributed by atoms with E-state index in [2.05, 4.69) is 39.1 Å². The van der Waals surface area contributed by atoms with Crippen molar-refractivity contribution in [2.45, 2.75) is 19.5 Å². The molecule has 7 heteroatoms. The molecule has 0 saturated carbocycles. The number of aryl methyl sites for hydroxylation is 1. The van der Waals surface area contributed by atoms with Crippen LogP contribution in [-0.2, 0) is 11.3 Å². The fourth-order valence-electron chi connectivity index (χ4n) is 4.07. The highest BCUT2D eigenvalue weighted by Gasteiger charge is 2.31. The van der Waals surface area contributed by atoms with Gasteiger partial charge in [-0.15, -0.1) is 0 Å². The number of benzene rings is 3. The molecule has 1 amide bonds. The molecular formula is C26H24N6O. The lowest BCUT2D eigenvalue weighted by Crippen LogP contribution is -2.40. The number of amides is 1. The van der Waals surface area contributed by atoms with Gasteiger partial charge in [0.2, 0.25) is 5.91 Å². The van der Waals surface area contributed by atoms with E-state index in [1.54, 1.807) is 4.68 Å². The van der Waals surface area contributed by atoms with E-state index >= 15 is 0 Å². The van der Waals surface area contributed by atoms with E-state index in [4.69, 9.17) is 0 Å². The van der Waals surface area contributed by atoms with Crippen LogP contribution in [0.4, 0.5) is 5.95 Å². The number of nitrogens with zero attached hydrogens (tertiary/aromatic N) is 5. The van der Waals surface area contributed by atoms with Gasteiger partial charge in [-0.05, 0) is 45.7 Å². The molecule has 2 heterocycles. The quantitative estimate of drug-likeness (QED) is 0.498. The first-order valence-corrected chi connectivity index (χ1v) is 10.9. The van der Waals surface area contributed by atoms with Crippen molar-refractivity contribution in [3.05, 3.63) is 113 Å². The normalized spacial score (nSPS) is 15.0. The highest BCUT2D eigenvalue weighted by Crippen LogP contribution is 2.35. The summed E-state index contributed by atoms with van der Waals surface area (Å²) in [5.74, 6) is 0.434. The molecule has 5 rings (SSSR count). The van der Waals surface area contributed by atoms with E-state index in [1.807, 2.05) is 84.6 Å².